The zero-order valence-electron chi connectivity index (χ0n) is 8.04. The SMILES string of the molecule is COCC(=O)N[C@@H](C)c1ccc(Cl)s1. The van der Waals surface area contributed by atoms with E-state index in [1.807, 2.05) is 19.1 Å². The minimum atomic E-state index is -0.121. The highest BCUT2D eigenvalue weighted by Crippen LogP contribution is 2.26. The maximum absolute atomic E-state index is 11.2. The number of carbonyl (C=O) groups excluding carboxylic acids is 1. The molecule has 1 atom stereocenters. The van der Waals surface area contributed by atoms with Gasteiger partial charge in [0, 0.05) is 12.0 Å². The van der Waals surface area contributed by atoms with E-state index in [1.54, 1.807) is 0 Å². The van der Waals surface area contributed by atoms with Crippen molar-refractivity contribution in [1.29, 1.82) is 0 Å². The van der Waals surface area contributed by atoms with E-state index in [0.29, 0.717) is 0 Å². The number of ether oxygens (including phenoxy) is 1. The Kier molecular flexibility index (Phi) is 4.38. The third-order valence-electron chi connectivity index (χ3n) is 1.67. The van der Waals surface area contributed by atoms with E-state index >= 15 is 0 Å². The summed E-state index contributed by atoms with van der Waals surface area (Å²) in [5.41, 5.74) is 0. The van der Waals surface area contributed by atoms with Crippen LogP contribution in [0, 0.1) is 0 Å². The average molecular weight is 234 g/mol. The standard InChI is InChI=1S/C9H12ClNO2S/c1-6(11-9(12)5-13-2)7-3-4-8(10)14-7/h3-4,6H,5H2,1-2H3,(H,11,12)/t6-/m0/s1. The van der Waals surface area contributed by atoms with E-state index in [9.17, 15) is 4.79 Å². The fraction of sp³-hybridized carbons (Fsp3) is 0.444. The highest BCUT2D eigenvalue weighted by atomic mass is 35.5. The zero-order valence-corrected chi connectivity index (χ0v) is 9.61. The summed E-state index contributed by atoms with van der Waals surface area (Å²) < 4.78 is 5.44. The Balaban J connectivity index is 2.50. The number of halogens is 1. The molecular formula is C9H12ClNO2S. The first-order chi connectivity index (χ1) is 6.63. The molecule has 1 rings (SSSR count). The van der Waals surface area contributed by atoms with E-state index in [4.69, 9.17) is 16.3 Å². The van der Waals surface area contributed by atoms with E-state index in [-0.39, 0.29) is 18.6 Å². The van der Waals surface area contributed by atoms with Crippen LogP contribution < -0.4 is 5.32 Å². The van der Waals surface area contributed by atoms with Crippen LogP contribution in [-0.2, 0) is 9.53 Å². The minimum Gasteiger partial charge on any atom is -0.375 e. The molecule has 0 aromatic carbocycles. The summed E-state index contributed by atoms with van der Waals surface area (Å²) in [6.45, 7) is 2.00. The van der Waals surface area contributed by atoms with Crippen molar-refractivity contribution >= 4 is 28.8 Å². The van der Waals surface area contributed by atoms with Crippen LogP contribution in [0.25, 0.3) is 0 Å². The molecule has 0 aliphatic rings. The van der Waals surface area contributed by atoms with Crippen molar-refractivity contribution in [1.82, 2.24) is 5.32 Å². The third-order valence-corrected chi connectivity index (χ3v) is 3.09. The molecule has 3 nitrogen and oxygen atoms in total. The van der Waals surface area contributed by atoms with Gasteiger partial charge in [0.05, 0.1) is 10.4 Å². The van der Waals surface area contributed by atoms with Gasteiger partial charge in [-0.3, -0.25) is 4.79 Å². The molecule has 0 saturated heterocycles. The number of amides is 1. The van der Waals surface area contributed by atoms with Crippen LogP contribution in [0.15, 0.2) is 12.1 Å². The van der Waals surface area contributed by atoms with Gasteiger partial charge < -0.3 is 10.1 Å². The van der Waals surface area contributed by atoms with E-state index < -0.39 is 0 Å². The highest BCUT2D eigenvalue weighted by molar-refractivity contribution is 7.16. The molecule has 1 N–H and O–H groups in total. The molecule has 0 radical (unpaired) electrons. The van der Waals surface area contributed by atoms with Crippen LogP contribution in [0.2, 0.25) is 4.34 Å². The Morgan fingerprint density at radius 2 is 2.43 bits per heavy atom. The van der Waals surface area contributed by atoms with Crippen LogP contribution in [-0.4, -0.2) is 19.6 Å². The van der Waals surface area contributed by atoms with Crippen LogP contribution in [0.1, 0.15) is 17.8 Å². The van der Waals surface area contributed by atoms with Crippen LogP contribution in [0.3, 0.4) is 0 Å². The first-order valence-electron chi connectivity index (χ1n) is 4.17. The summed E-state index contributed by atoms with van der Waals surface area (Å²) >= 11 is 7.25. The molecular weight excluding hydrogens is 222 g/mol. The van der Waals surface area contributed by atoms with Gasteiger partial charge in [-0.05, 0) is 19.1 Å². The molecule has 1 amide bonds. The second kappa shape index (κ2) is 5.34. The largest absolute Gasteiger partial charge is 0.375 e. The van der Waals surface area contributed by atoms with Gasteiger partial charge in [0.15, 0.2) is 0 Å². The van der Waals surface area contributed by atoms with Gasteiger partial charge in [-0.25, -0.2) is 0 Å². The van der Waals surface area contributed by atoms with E-state index in [0.717, 1.165) is 9.21 Å². The van der Waals surface area contributed by atoms with Gasteiger partial charge in [0.25, 0.3) is 0 Å². The highest BCUT2D eigenvalue weighted by Gasteiger charge is 2.10. The molecule has 0 fully saturated rings. The first-order valence-corrected chi connectivity index (χ1v) is 5.36. The molecule has 0 spiro atoms. The Morgan fingerprint density at radius 3 is 2.93 bits per heavy atom. The van der Waals surface area contributed by atoms with Crippen molar-refractivity contribution in [2.75, 3.05) is 13.7 Å². The summed E-state index contributed by atoms with van der Waals surface area (Å²) in [5, 5.41) is 2.80. The predicted octanol–water partition coefficient (Wildman–Crippen LogP) is 2.23. The molecule has 0 aliphatic carbocycles. The Hall–Kier alpha value is -0.580. The van der Waals surface area contributed by atoms with Gasteiger partial charge in [-0.1, -0.05) is 11.6 Å². The molecule has 0 bridgehead atoms. The van der Waals surface area contributed by atoms with Crippen LogP contribution in [0.4, 0.5) is 0 Å². The van der Waals surface area contributed by atoms with Crippen molar-refractivity contribution in [2.45, 2.75) is 13.0 Å². The zero-order chi connectivity index (χ0) is 10.6. The first kappa shape index (κ1) is 11.5. The summed E-state index contributed by atoms with van der Waals surface area (Å²) in [6, 6.07) is 3.71. The molecule has 0 unspecified atom stereocenters. The predicted molar refractivity (Wildman–Crippen MR) is 57.8 cm³/mol. The normalized spacial score (nSPS) is 12.5. The summed E-state index contributed by atoms with van der Waals surface area (Å²) in [4.78, 5) is 12.2. The maximum Gasteiger partial charge on any atom is 0.246 e. The number of hydrogen-bond donors (Lipinski definition) is 1. The smallest absolute Gasteiger partial charge is 0.246 e. The summed E-state index contributed by atoms with van der Waals surface area (Å²) in [7, 11) is 1.49. The maximum atomic E-state index is 11.2. The van der Waals surface area contributed by atoms with Crippen molar-refractivity contribution in [3.63, 3.8) is 0 Å². The van der Waals surface area contributed by atoms with Crippen molar-refractivity contribution < 1.29 is 9.53 Å². The lowest BCUT2D eigenvalue weighted by Crippen LogP contribution is -2.29. The number of methoxy groups -OCH3 is 1. The summed E-state index contributed by atoms with van der Waals surface area (Å²) in [6.07, 6.45) is 0. The van der Waals surface area contributed by atoms with Gasteiger partial charge >= 0.3 is 0 Å². The quantitative estimate of drug-likeness (QED) is 0.866. The monoisotopic (exact) mass is 233 g/mol. The summed E-state index contributed by atoms with van der Waals surface area (Å²) in [5.74, 6) is -0.121. The van der Waals surface area contributed by atoms with E-state index in [1.165, 1.54) is 18.4 Å². The number of rotatable bonds is 4. The number of hydrogen-bond acceptors (Lipinski definition) is 3. The van der Waals surface area contributed by atoms with E-state index in [2.05, 4.69) is 5.32 Å². The Morgan fingerprint density at radius 1 is 1.71 bits per heavy atom. The lowest BCUT2D eigenvalue weighted by molar-refractivity contribution is -0.125. The fourth-order valence-electron chi connectivity index (χ4n) is 1.05. The average Bonchev–Trinajstić information content (AvgIpc) is 2.52. The van der Waals surface area contributed by atoms with Gasteiger partial charge in [0.2, 0.25) is 5.91 Å². The van der Waals surface area contributed by atoms with Crippen LogP contribution in [0.5, 0.6) is 0 Å². The Bertz CT molecular complexity index is 314. The lowest BCUT2D eigenvalue weighted by Gasteiger charge is -2.11. The molecule has 1 aromatic rings. The molecule has 78 valence electrons. The second-order valence-corrected chi connectivity index (χ2v) is 4.61. The molecule has 5 heteroatoms. The fourth-order valence-corrected chi connectivity index (χ4v) is 2.11. The molecule has 0 saturated carbocycles. The topological polar surface area (TPSA) is 38.3 Å². The molecule has 0 aliphatic heterocycles. The van der Waals surface area contributed by atoms with Gasteiger partial charge in [-0.2, -0.15) is 0 Å². The molecule has 1 heterocycles. The third kappa shape index (κ3) is 3.29. The van der Waals surface area contributed by atoms with Crippen LogP contribution >= 0.6 is 22.9 Å². The molecule has 14 heavy (non-hydrogen) atoms. The minimum absolute atomic E-state index is 0.0184. The lowest BCUT2D eigenvalue weighted by atomic mass is 10.3. The van der Waals surface area contributed by atoms with Crippen molar-refractivity contribution in [2.24, 2.45) is 0 Å². The van der Waals surface area contributed by atoms with Crippen molar-refractivity contribution in [3.8, 4) is 0 Å². The Labute approximate surface area is 92.0 Å². The molecule has 1 aromatic heterocycles. The number of thiophene rings is 1. The van der Waals surface area contributed by atoms with Gasteiger partial charge in [-0.15, -0.1) is 11.3 Å². The number of nitrogens with one attached hydrogen (secondary N) is 1. The second-order valence-electron chi connectivity index (χ2n) is 2.86. The van der Waals surface area contributed by atoms with Gasteiger partial charge in [0.1, 0.15) is 6.61 Å². The number of carbonyl (C=O) groups is 1. The van der Waals surface area contributed by atoms with Crippen molar-refractivity contribution in [3.05, 3.63) is 21.3 Å².